The Labute approximate surface area is 215 Å². The number of carboxylic acids is 1. The monoisotopic (exact) mass is 525 g/mol. The van der Waals surface area contributed by atoms with E-state index in [0.29, 0.717) is 43.3 Å². The van der Waals surface area contributed by atoms with E-state index in [1.807, 2.05) is 0 Å². The van der Waals surface area contributed by atoms with E-state index in [9.17, 15) is 9.18 Å². The van der Waals surface area contributed by atoms with Crippen LogP contribution in [0.1, 0.15) is 41.6 Å². The van der Waals surface area contributed by atoms with Crippen LogP contribution < -0.4 is 0 Å². The van der Waals surface area contributed by atoms with Crippen LogP contribution in [0.25, 0.3) is 28.1 Å². The highest BCUT2D eigenvalue weighted by Gasteiger charge is 2.30. The van der Waals surface area contributed by atoms with Gasteiger partial charge in [0.2, 0.25) is 5.95 Å². The fourth-order valence-electron chi connectivity index (χ4n) is 4.42. The molecule has 0 saturated heterocycles. The number of nitrogens with one attached hydrogen (secondary N) is 1. The van der Waals surface area contributed by atoms with E-state index in [2.05, 4.69) is 15.2 Å². The summed E-state index contributed by atoms with van der Waals surface area (Å²) in [4.78, 5) is 15.4. The Morgan fingerprint density at radius 3 is 2.50 bits per heavy atom. The van der Waals surface area contributed by atoms with Gasteiger partial charge in [-0.15, -0.1) is 0 Å². The molecule has 1 aliphatic carbocycles. The zero-order valence-corrected chi connectivity index (χ0v) is 20.2. The van der Waals surface area contributed by atoms with Crippen LogP contribution in [0.4, 0.5) is 8.78 Å². The Morgan fingerprint density at radius 2 is 1.83 bits per heavy atom. The van der Waals surface area contributed by atoms with Gasteiger partial charge in [-0.25, -0.2) is 9.18 Å². The maximum absolute atomic E-state index is 15.1. The van der Waals surface area contributed by atoms with Gasteiger partial charge in [0.15, 0.2) is 0 Å². The summed E-state index contributed by atoms with van der Waals surface area (Å²) >= 11 is 12.7. The third-order valence-electron chi connectivity index (χ3n) is 6.34. The molecule has 2 N–H and O–H groups in total. The van der Waals surface area contributed by atoms with Gasteiger partial charge < -0.3 is 5.11 Å². The molecular weight excluding hydrogens is 507 g/mol. The van der Waals surface area contributed by atoms with Crippen molar-refractivity contribution in [3.8, 4) is 0 Å². The third kappa shape index (κ3) is 4.64. The molecule has 9 heteroatoms. The van der Waals surface area contributed by atoms with Gasteiger partial charge in [0.1, 0.15) is 5.82 Å². The Kier molecular flexibility index (Phi) is 6.60. The molecule has 1 fully saturated rings. The summed E-state index contributed by atoms with van der Waals surface area (Å²) in [5.74, 6) is -2.24. The van der Waals surface area contributed by atoms with Gasteiger partial charge in [0.25, 0.3) is 0 Å². The molecule has 2 aromatic heterocycles. The van der Waals surface area contributed by atoms with Crippen molar-refractivity contribution < 1.29 is 18.7 Å². The van der Waals surface area contributed by atoms with Crippen LogP contribution in [-0.2, 0) is 4.79 Å². The fourth-order valence-corrected chi connectivity index (χ4v) is 4.90. The molecule has 2 aromatic carbocycles. The SMILES string of the molecule is O=C(O)/C=C/c1ccc(C(=C(c2ncc(Cl)cc2Cl)C2CCC2)c2ccc3n[nH]c(F)c3c2)cc1F. The normalized spacial score (nSPS) is 14.8. The van der Waals surface area contributed by atoms with Gasteiger partial charge in [-0.3, -0.25) is 10.1 Å². The summed E-state index contributed by atoms with van der Waals surface area (Å²) in [6.45, 7) is 0. The second-order valence-corrected chi connectivity index (χ2v) is 9.42. The summed E-state index contributed by atoms with van der Waals surface area (Å²) in [5.41, 5.74) is 3.77. The van der Waals surface area contributed by atoms with Crippen molar-refractivity contribution in [2.75, 3.05) is 0 Å². The average molecular weight is 526 g/mol. The molecule has 0 spiro atoms. The third-order valence-corrected chi connectivity index (χ3v) is 6.83. The molecule has 4 aromatic rings. The molecular formula is C27H19Cl2F2N3O2. The number of hydrogen-bond acceptors (Lipinski definition) is 3. The summed E-state index contributed by atoms with van der Waals surface area (Å²) < 4.78 is 29.6. The molecule has 182 valence electrons. The molecule has 5 rings (SSSR count). The number of benzene rings is 2. The number of halogens is 4. The van der Waals surface area contributed by atoms with E-state index in [4.69, 9.17) is 28.3 Å². The van der Waals surface area contributed by atoms with Gasteiger partial charge in [0.05, 0.1) is 26.6 Å². The van der Waals surface area contributed by atoms with Crippen molar-refractivity contribution in [2.24, 2.45) is 5.92 Å². The quantitative estimate of drug-likeness (QED) is 0.257. The fraction of sp³-hybridized carbons (Fsp3) is 0.148. The lowest BCUT2D eigenvalue weighted by Crippen LogP contribution is -2.16. The number of allylic oxidation sites excluding steroid dienone is 1. The van der Waals surface area contributed by atoms with Crippen LogP contribution >= 0.6 is 23.2 Å². The first-order valence-corrected chi connectivity index (χ1v) is 12.0. The van der Waals surface area contributed by atoms with Crippen molar-refractivity contribution in [1.29, 1.82) is 0 Å². The molecule has 0 bridgehead atoms. The number of pyridine rings is 1. The van der Waals surface area contributed by atoms with Crippen LogP contribution in [0.2, 0.25) is 10.0 Å². The van der Waals surface area contributed by atoms with Crippen LogP contribution in [0.5, 0.6) is 0 Å². The molecule has 5 nitrogen and oxygen atoms in total. The molecule has 0 radical (unpaired) electrons. The van der Waals surface area contributed by atoms with Gasteiger partial charge >= 0.3 is 5.97 Å². The zero-order valence-electron chi connectivity index (χ0n) is 18.7. The van der Waals surface area contributed by atoms with Crippen molar-refractivity contribution >= 4 is 57.3 Å². The zero-order chi connectivity index (χ0) is 25.4. The van der Waals surface area contributed by atoms with Crippen molar-refractivity contribution in [3.63, 3.8) is 0 Å². The lowest BCUT2D eigenvalue weighted by atomic mass is 9.74. The number of aromatic nitrogens is 3. The van der Waals surface area contributed by atoms with Crippen molar-refractivity contribution in [3.05, 3.63) is 98.9 Å². The number of carboxylic acid groups (broad SMARTS) is 1. The van der Waals surface area contributed by atoms with Gasteiger partial charge in [0, 0.05) is 17.8 Å². The molecule has 1 saturated carbocycles. The number of H-pyrrole nitrogens is 1. The Balaban J connectivity index is 1.80. The van der Waals surface area contributed by atoms with Gasteiger partial charge in [-0.05, 0) is 71.4 Å². The topological polar surface area (TPSA) is 78.9 Å². The molecule has 0 amide bonds. The maximum Gasteiger partial charge on any atom is 0.328 e. The summed E-state index contributed by atoms with van der Waals surface area (Å²) in [5, 5.41) is 16.3. The van der Waals surface area contributed by atoms with E-state index in [1.165, 1.54) is 24.4 Å². The van der Waals surface area contributed by atoms with Gasteiger partial charge in [-0.2, -0.15) is 9.49 Å². The van der Waals surface area contributed by atoms with Gasteiger partial charge in [-0.1, -0.05) is 47.8 Å². The highest BCUT2D eigenvalue weighted by Crippen LogP contribution is 2.46. The number of aromatic amines is 1. The maximum atomic E-state index is 15.1. The van der Waals surface area contributed by atoms with Crippen LogP contribution in [0, 0.1) is 17.7 Å². The van der Waals surface area contributed by atoms with E-state index < -0.39 is 17.7 Å². The standard InChI is InChI=1S/C27H19Cl2F2N3O2/c28-18-12-20(29)26(32-13-18)25(15-2-1-3-15)24(16-6-8-22-19(10-16)27(31)34-33-22)17-5-4-14(21(30)11-17)7-9-23(35)36/h4-13,15H,1-3H2,(H,33,34)(H,35,36)/b9-7+,25-24?. The van der Waals surface area contributed by atoms with Crippen molar-refractivity contribution in [1.82, 2.24) is 15.2 Å². The number of rotatable bonds is 6. The van der Waals surface area contributed by atoms with E-state index in [1.54, 1.807) is 30.3 Å². The molecule has 1 aliphatic rings. The number of fused-ring (bicyclic) bond motifs is 1. The first-order valence-electron chi connectivity index (χ1n) is 11.2. The first kappa shape index (κ1) is 24.2. The van der Waals surface area contributed by atoms with E-state index in [0.717, 1.165) is 30.9 Å². The second kappa shape index (κ2) is 9.84. The highest BCUT2D eigenvalue weighted by atomic mass is 35.5. The molecule has 0 atom stereocenters. The number of nitrogens with zero attached hydrogens (tertiary/aromatic N) is 2. The summed E-state index contributed by atoms with van der Waals surface area (Å²) in [6.07, 6.45) is 6.39. The minimum absolute atomic E-state index is 0.103. The Morgan fingerprint density at radius 1 is 1.08 bits per heavy atom. The Bertz CT molecular complexity index is 1560. The Hall–Kier alpha value is -3.55. The lowest BCUT2D eigenvalue weighted by Gasteiger charge is -2.31. The minimum atomic E-state index is -1.18. The predicted molar refractivity (Wildman–Crippen MR) is 137 cm³/mol. The van der Waals surface area contributed by atoms with Crippen LogP contribution in [0.15, 0.2) is 54.7 Å². The highest BCUT2D eigenvalue weighted by molar-refractivity contribution is 6.35. The predicted octanol–water partition coefficient (Wildman–Crippen LogP) is 7.40. The van der Waals surface area contributed by atoms with E-state index >= 15 is 4.39 Å². The van der Waals surface area contributed by atoms with Crippen LogP contribution in [-0.4, -0.2) is 26.3 Å². The number of hydrogen-bond donors (Lipinski definition) is 2. The molecule has 2 heterocycles. The molecule has 0 aliphatic heterocycles. The largest absolute Gasteiger partial charge is 0.478 e. The second-order valence-electron chi connectivity index (χ2n) is 8.58. The lowest BCUT2D eigenvalue weighted by molar-refractivity contribution is -0.131. The van der Waals surface area contributed by atoms with E-state index in [-0.39, 0.29) is 11.5 Å². The average Bonchev–Trinajstić information content (AvgIpc) is 3.17. The molecule has 36 heavy (non-hydrogen) atoms. The number of aliphatic carboxylic acids is 1. The smallest absolute Gasteiger partial charge is 0.328 e. The molecule has 0 unspecified atom stereocenters. The first-order chi connectivity index (χ1) is 17.3. The van der Waals surface area contributed by atoms with Crippen molar-refractivity contribution in [2.45, 2.75) is 19.3 Å². The van der Waals surface area contributed by atoms with Crippen LogP contribution in [0.3, 0.4) is 0 Å². The minimum Gasteiger partial charge on any atom is -0.478 e. The summed E-state index contributed by atoms with van der Waals surface area (Å²) in [7, 11) is 0. The summed E-state index contributed by atoms with van der Waals surface area (Å²) in [6, 6.07) is 11.3. The number of carbonyl (C=O) groups is 1.